The van der Waals surface area contributed by atoms with Crippen LogP contribution in [0.1, 0.15) is 77.2 Å². The van der Waals surface area contributed by atoms with E-state index in [4.69, 9.17) is 9.72 Å². The van der Waals surface area contributed by atoms with Gasteiger partial charge in [-0.25, -0.2) is 4.98 Å². The molecule has 0 saturated carbocycles. The monoisotopic (exact) mass is 591 g/mol. The number of nitrogens with zero attached hydrogens (tertiary/aromatic N) is 5. The van der Waals surface area contributed by atoms with Crippen LogP contribution in [0.2, 0.25) is 0 Å². The lowest BCUT2D eigenvalue weighted by molar-refractivity contribution is -0.120. The average Bonchev–Trinajstić information content (AvgIpc) is 3.66. The maximum Gasteiger partial charge on any atom is 0.234 e. The van der Waals surface area contributed by atoms with Crippen LogP contribution in [0.4, 0.5) is 5.69 Å². The molecule has 43 heavy (non-hydrogen) atoms. The molecule has 2 aromatic carbocycles. The summed E-state index contributed by atoms with van der Waals surface area (Å²) >= 11 is 1.64. The van der Waals surface area contributed by atoms with Crippen molar-refractivity contribution in [3.8, 4) is 5.75 Å². The Kier molecular flexibility index (Phi) is 8.65. The van der Waals surface area contributed by atoms with E-state index in [1.54, 1.807) is 11.3 Å². The molecular weight excluding hydrogens is 554 g/mol. The van der Waals surface area contributed by atoms with Crippen molar-refractivity contribution in [2.24, 2.45) is 0 Å². The molecule has 3 aromatic heterocycles. The molecule has 1 aliphatic rings. The highest BCUT2D eigenvalue weighted by molar-refractivity contribution is 7.09. The first-order valence-electron chi connectivity index (χ1n) is 14.9. The molecule has 1 unspecified atom stereocenters. The number of aromatic nitrogens is 4. The smallest absolute Gasteiger partial charge is 0.234 e. The molecule has 0 aliphatic heterocycles. The second kappa shape index (κ2) is 12.9. The number of hydrogen-bond acceptors (Lipinski definition) is 6. The Bertz CT molecular complexity index is 1680. The summed E-state index contributed by atoms with van der Waals surface area (Å²) in [5, 5.41) is 7.68. The third-order valence-corrected chi connectivity index (χ3v) is 8.78. The van der Waals surface area contributed by atoms with Gasteiger partial charge in [-0.1, -0.05) is 56.3 Å². The van der Waals surface area contributed by atoms with Crippen molar-refractivity contribution < 1.29 is 9.53 Å². The molecule has 0 spiro atoms. The van der Waals surface area contributed by atoms with Gasteiger partial charge in [0, 0.05) is 22.8 Å². The largest absolute Gasteiger partial charge is 0.489 e. The number of ether oxygens (including phenoxy) is 1. The van der Waals surface area contributed by atoms with Crippen molar-refractivity contribution in [2.45, 2.75) is 71.6 Å². The third kappa shape index (κ3) is 6.70. The molecule has 0 fully saturated rings. The number of fused-ring (bicyclic) bond motifs is 1. The summed E-state index contributed by atoms with van der Waals surface area (Å²) in [6.45, 7) is 7.77. The van der Waals surface area contributed by atoms with Gasteiger partial charge in [0.1, 0.15) is 12.4 Å². The molecule has 6 rings (SSSR count). The van der Waals surface area contributed by atoms with E-state index < -0.39 is 0 Å². The maximum absolute atomic E-state index is 14.5. The minimum absolute atomic E-state index is 0.0723. The number of aryl methyl sites for hydroxylation is 1. The summed E-state index contributed by atoms with van der Waals surface area (Å²) < 4.78 is 8.19. The van der Waals surface area contributed by atoms with Crippen LogP contribution in [-0.2, 0) is 30.9 Å². The van der Waals surface area contributed by atoms with Crippen LogP contribution in [0.5, 0.6) is 5.75 Å². The number of thiazole rings is 1. The number of carbonyl (C=O) groups excluding carboxylic acids is 1. The minimum Gasteiger partial charge on any atom is -0.489 e. The van der Waals surface area contributed by atoms with Gasteiger partial charge in [-0.05, 0) is 67.0 Å². The molecule has 1 amide bonds. The molecule has 7 nitrogen and oxygen atoms in total. The number of hydrogen-bond donors (Lipinski definition) is 0. The fourth-order valence-electron chi connectivity index (χ4n) is 5.73. The van der Waals surface area contributed by atoms with Gasteiger partial charge in [0.25, 0.3) is 0 Å². The molecule has 0 radical (unpaired) electrons. The molecule has 1 aliphatic carbocycles. The topological polar surface area (TPSA) is 73.1 Å². The van der Waals surface area contributed by atoms with Crippen molar-refractivity contribution in [3.05, 3.63) is 123 Å². The van der Waals surface area contributed by atoms with Gasteiger partial charge in [0.2, 0.25) is 5.91 Å². The Morgan fingerprint density at radius 3 is 2.67 bits per heavy atom. The van der Waals surface area contributed by atoms with E-state index in [1.807, 2.05) is 77.6 Å². The summed E-state index contributed by atoms with van der Waals surface area (Å²) in [5.41, 5.74) is 7.08. The predicted octanol–water partition coefficient (Wildman–Crippen LogP) is 7.45. The van der Waals surface area contributed by atoms with Gasteiger partial charge in [-0.15, -0.1) is 11.3 Å². The zero-order valence-electron chi connectivity index (χ0n) is 24.9. The molecule has 3 heterocycles. The van der Waals surface area contributed by atoms with Crippen LogP contribution in [-0.4, -0.2) is 25.7 Å². The number of pyridine rings is 1. The maximum atomic E-state index is 14.5. The average molecular weight is 592 g/mol. The Morgan fingerprint density at radius 1 is 1.07 bits per heavy atom. The van der Waals surface area contributed by atoms with Crippen LogP contribution >= 0.6 is 11.3 Å². The SMILES string of the molecule is Cc1nc(Cn2cc(CN(C(=O)C3CCCc4c(OCc5ccccc5)cccc43)c3ccc(C(C)C)nc3)cn2)cs1. The summed E-state index contributed by atoms with van der Waals surface area (Å²) in [5.74, 6) is 0.988. The van der Waals surface area contributed by atoms with E-state index in [1.165, 1.54) is 0 Å². The molecule has 8 heteroatoms. The zero-order chi connectivity index (χ0) is 29.8. The molecule has 1 atom stereocenters. The highest BCUT2D eigenvalue weighted by Crippen LogP contribution is 2.39. The van der Waals surface area contributed by atoms with Crippen LogP contribution in [0, 0.1) is 6.92 Å². The van der Waals surface area contributed by atoms with E-state index in [0.717, 1.165) is 69.3 Å². The normalized spacial score (nSPS) is 14.5. The van der Waals surface area contributed by atoms with Crippen LogP contribution in [0.25, 0.3) is 0 Å². The lowest BCUT2D eigenvalue weighted by atomic mass is 9.81. The lowest BCUT2D eigenvalue weighted by Gasteiger charge is -2.31. The third-order valence-electron chi connectivity index (χ3n) is 7.96. The van der Waals surface area contributed by atoms with E-state index in [9.17, 15) is 4.79 Å². The second-order valence-electron chi connectivity index (χ2n) is 11.5. The highest BCUT2D eigenvalue weighted by Gasteiger charge is 2.32. The van der Waals surface area contributed by atoms with Gasteiger partial charge in [0.05, 0.1) is 47.8 Å². The standard InChI is InChI=1S/C35H37N5O2S/c1-24(2)33-16-15-29(18-36-33)40(20-27-17-37-39(19-27)21-28-23-43-25(3)38-28)35(41)32-13-7-12-31-30(32)11-8-14-34(31)42-22-26-9-5-4-6-10-26/h4-6,8-11,14-19,23-24,32H,7,12-13,20-22H2,1-3H3. The fraction of sp³-hybridized carbons (Fsp3) is 0.314. The van der Waals surface area contributed by atoms with Gasteiger partial charge in [-0.2, -0.15) is 5.10 Å². The second-order valence-corrected chi connectivity index (χ2v) is 12.5. The molecule has 5 aromatic rings. The van der Waals surface area contributed by atoms with Crippen LogP contribution in [0.15, 0.2) is 84.6 Å². The van der Waals surface area contributed by atoms with Crippen molar-refractivity contribution >= 4 is 22.9 Å². The Labute approximate surface area is 257 Å². The first-order valence-corrected chi connectivity index (χ1v) is 15.8. The zero-order valence-corrected chi connectivity index (χ0v) is 25.8. The number of anilines is 1. The van der Waals surface area contributed by atoms with E-state index >= 15 is 0 Å². The first kappa shape index (κ1) is 28.8. The van der Waals surface area contributed by atoms with Gasteiger partial charge < -0.3 is 9.64 Å². The predicted molar refractivity (Wildman–Crippen MR) is 171 cm³/mol. The van der Waals surface area contributed by atoms with E-state index in [0.29, 0.717) is 25.6 Å². The summed E-state index contributed by atoms with van der Waals surface area (Å²) in [6.07, 6.45) is 8.31. The summed E-state index contributed by atoms with van der Waals surface area (Å²) in [6, 6.07) is 20.4. The molecule has 220 valence electrons. The van der Waals surface area contributed by atoms with Crippen molar-refractivity contribution in [2.75, 3.05) is 4.90 Å². The quantitative estimate of drug-likeness (QED) is 0.169. The Hall–Kier alpha value is -4.30. The molecular formula is C35H37N5O2S. The minimum atomic E-state index is -0.262. The highest BCUT2D eigenvalue weighted by atomic mass is 32.1. The molecule has 0 N–H and O–H groups in total. The summed E-state index contributed by atoms with van der Waals surface area (Å²) in [4.78, 5) is 25.6. The van der Waals surface area contributed by atoms with Gasteiger partial charge in [-0.3, -0.25) is 14.5 Å². The van der Waals surface area contributed by atoms with Crippen molar-refractivity contribution in [1.82, 2.24) is 19.7 Å². The first-order chi connectivity index (χ1) is 20.9. The fourth-order valence-corrected chi connectivity index (χ4v) is 6.33. The number of benzene rings is 2. The summed E-state index contributed by atoms with van der Waals surface area (Å²) in [7, 11) is 0. The van der Waals surface area contributed by atoms with Gasteiger partial charge in [0.15, 0.2) is 0 Å². The number of rotatable bonds is 10. The van der Waals surface area contributed by atoms with E-state index in [2.05, 4.69) is 47.5 Å². The van der Waals surface area contributed by atoms with Crippen LogP contribution in [0.3, 0.4) is 0 Å². The molecule has 0 bridgehead atoms. The van der Waals surface area contributed by atoms with Crippen molar-refractivity contribution in [1.29, 1.82) is 0 Å². The van der Waals surface area contributed by atoms with Crippen LogP contribution < -0.4 is 9.64 Å². The van der Waals surface area contributed by atoms with Gasteiger partial charge >= 0.3 is 0 Å². The Morgan fingerprint density at radius 2 is 1.93 bits per heavy atom. The lowest BCUT2D eigenvalue weighted by Crippen LogP contribution is -2.36. The van der Waals surface area contributed by atoms with Crippen molar-refractivity contribution in [3.63, 3.8) is 0 Å². The number of amides is 1. The number of carbonyl (C=O) groups is 1. The van der Waals surface area contributed by atoms with E-state index in [-0.39, 0.29) is 11.8 Å². The molecule has 0 saturated heterocycles. The Balaban J connectivity index is 1.27.